The summed E-state index contributed by atoms with van der Waals surface area (Å²) in [7, 11) is 0. The minimum Gasteiger partial charge on any atom is -0.259 e. The molecular weight excluding hydrogens is 194 g/mol. The minimum absolute atomic E-state index is 0.258. The number of aromatic amines is 2. The van der Waals surface area contributed by atoms with Crippen LogP contribution in [0.5, 0.6) is 0 Å². The molecule has 0 bridgehead atoms. The fourth-order valence-corrected chi connectivity index (χ4v) is 1.03. The average Bonchev–Trinajstić information content (AvgIpc) is 2.02. The third-order valence-corrected chi connectivity index (χ3v) is 1.79. The van der Waals surface area contributed by atoms with E-state index < -0.39 is 17.1 Å². The molecule has 0 aliphatic carbocycles. The van der Waals surface area contributed by atoms with Gasteiger partial charge in [-0.1, -0.05) is 0 Å². The van der Waals surface area contributed by atoms with Gasteiger partial charge in [0.2, 0.25) is 0 Å². The van der Waals surface area contributed by atoms with E-state index in [4.69, 9.17) is 0 Å². The Bertz CT molecular complexity index is 409. The minimum atomic E-state index is -0.780. The summed E-state index contributed by atoms with van der Waals surface area (Å²) in [6, 6.07) is 0. The van der Waals surface area contributed by atoms with Gasteiger partial charge in [-0.15, -0.1) is 0 Å². The van der Waals surface area contributed by atoms with Gasteiger partial charge in [0.25, 0.3) is 0 Å². The molecule has 72 valence electrons. The summed E-state index contributed by atoms with van der Waals surface area (Å²) < 4.78 is 0.928. The molecule has 7 heteroatoms. The first-order valence-corrected chi connectivity index (χ1v) is 4.32. The summed E-state index contributed by atoms with van der Waals surface area (Å²) in [4.78, 5) is 36.6. The summed E-state index contributed by atoms with van der Waals surface area (Å²) >= 11 is 3.94. The Morgan fingerprint density at radius 1 is 1.15 bits per heavy atom. The van der Waals surface area contributed by atoms with Crippen LogP contribution in [0.3, 0.4) is 0 Å². The molecule has 1 heterocycles. The van der Waals surface area contributed by atoms with E-state index in [1.54, 1.807) is 0 Å². The molecule has 0 radical (unpaired) electrons. The van der Waals surface area contributed by atoms with Gasteiger partial charge in [0, 0.05) is 6.54 Å². The van der Waals surface area contributed by atoms with Crippen molar-refractivity contribution < 1.29 is 0 Å². The first-order chi connectivity index (χ1) is 6.15. The van der Waals surface area contributed by atoms with Gasteiger partial charge in [0.15, 0.2) is 0 Å². The van der Waals surface area contributed by atoms with E-state index in [0.717, 1.165) is 4.57 Å². The third kappa shape index (κ3) is 2.35. The largest absolute Gasteiger partial charge is 0.333 e. The van der Waals surface area contributed by atoms with Gasteiger partial charge >= 0.3 is 17.1 Å². The van der Waals surface area contributed by atoms with Crippen LogP contribution < -0.4 is 17.1 Å². The van der Waals surface area contributed by atoms with E-state index in [1.807, 2.05) is 9.97 Å². The van der Waals surface area contributed by atoms with Crippen molar-refractivity contribution in [2.45, 2.75) is 13.0 Å². The maximum atomic E-state index is 11.0. The number of H-pyrrole nitrogens is 2. The van der Waals surface area contributed by atoms with Crippen molar-refractivity contribution in [3.05, 3.63) is 31.5 Å². The van der Waals surface area contributed by atoms with Crippen molar-refractivity contribution in [1.29, 1.82) is 0 Å². The molecule has 0 atom stereocenters. The van der Waals surface area contributed by atoms with E-state index in [0.29, 0.717) is 12.2 Å². The zero-order valence-corrected chi connectivity index (χ0v) is 7.63. The van der Waals surface area contributed by atoms with Gasteiger partial charge in [-0.25, -0.2) is 19.0 Å². The van der Waals surface area contributed by atoms with Crippen LogP contribution in [0, 0.1) is 0 Å². The first kappa shape index (κ1) is 9.85. The van der Waals surface area contributed by atoms with E-state index in [9.17, 15) is 14.4 Å². The lowest BCUT2D eigenvalue weighted by Gasteiger charge is -1.99. The van der Waals surface area contributed by atoms with Crippen LogP contribution in [0.4, 0.5) is 0 Å². The number of rotatable bonds is 3. The molecule has 0 amide bonds. The topological polar surface area (TPSA) is 87.7 Å². The van der Waals surface area contributed by atoms with Crippen LogP contribution in [-0.2, 0) is 6.54 Å². The lowest BCUT2D eigenvalue weighted by Crippen LogP contribution is -2.43. The van der Waals surface area contributed by atoms with Crippen molar-refractivity contribution in [3.8, 4) is 0 Å². The van der Waals surface area contributed by atoms with Gasteiger partial charge in [0.05, 0.1) is 0 Å². The lowest BCUT2D eigenvalue weighted by atomic mass is 10.5. The molecule has 0 aliphatic heterocycles. The molecule has 13 heavy (non-hydrogen) atoms. The van der Waals surface area contributed by atoms with Crippen LogP contribution in [0.15, 0.2) is 14.4 Å². The summed E-state index contributed by atoms with van der Waals surface area (Å²) in [5.74, 6) is 0.574. The fraction of sp³-hybridized carbons (Fsp3) is 0.500. The lowest BCUT2D eigenvalue weighted by molar-refractivity contribution is 0.589. The number of hydrogen-bond donors (Lipinski definition) is 3. The predicted octanol–water partition coefficient (Wildman–Crippen LogP) is -1.46. The molecule has 1 aromatic rings. The number of nitrogens with one attached hydrogen (secondary N) is 2. The van der Waals surface area contributed by atoms with Gasteiger partial charge in [-0.3, -0.25) is 9.97 Å². The monoisotopic (exact) mass is 203 g/mol. The highest BCUT2D eigenvalue weighted by molar-refractivity contribution is 7.80. The third-order valence-electron chi connectivity index (χ3n) is 1.47. The Morgan fingerprint density at radius 2 is 1.69 bits per heavy atom. The van der Waals surface area contributed by atoms with E-state index >= 15 is 0 Å². The summed E-state index contributed by atoms with van der Waals surface area (Å²) in [5, 5.41) is 0. The van der Waals surface area contributed by atoms with Crippen LogP contribution in [0.2, 0.25) is 0 Å². The van der Waals surface area contributed by atoms with Crippen molar-refractivity contribution in [1.82, 2.24) is 14.5 Å². The Hall–Kier alpha value is -1.24. The molecule has 0 aromatic carbocycles. The first-order valence-electron chi connectivity index (χ1n) is 3.69. The molecular formula is C6H9N3O3S. The highest BCUT2D eigenvalue weighted by Crippen LogP contribution is 1.83. The van der Waals surface area contributed by atoms with Gasteiger partial charge < -0.3 is 0 Å². The normalized spacial score (nSPS) is 10.2. The molecule has 0 fully saturated rings. The van der Waals surface area contributed by atoms with Crippen molar-refractivity contribution >= 4 is 12.6 Å². The predicted molar refractivity (Wildman–Crippen MR) is 50.4 cm³/mol. The van der Waals surface area contributed by atoms with Gasteiger partial charge in [-0.2, -0.15) is 12.6 Å². The summed E-state index contributed by atoms with van der Waals surface area (Å²) in [5.41, 5.74) is -2.15. The number of aromatic nitrogens is 3. The number of nitrogens with zero attached hydrogens (tertiary/aromatic N) is 1. The summed E-state index contributed by atoms with van der Waals surface area (Å²) in [6.45, 7) is 0.258. The van der Waals surface area contributed by atoms with Crippen molar-refractivity contribution in [3.63, 3.8) is 0 Å². The second-order valence-corrected chi connectivity index (χ2v) is 2.87. The molecule has 6 nitrogen and oxygen atoms in total. The molecule has 1 aromatic heterocycles. The highest BCUT2D eigenvalue weighted by atomic mass is 32.1. The second kappa shape index (κ2) is 4.13. The van der Waals surface area contributed by atoms with Crippen LogP contribution in [0.1, 0.15) is 6.42 Å². The van der Waals surface area contributed by atoms with Crippen LogP contribution in [-0.4, -0.2) is 20.3 Å². The Kier molecular flexibility index (Phi) is 3.13. The quantitative estimate of drug-likeness (QED) is 0.525. The number of thiol groups is 1. The average molecular weight is 203 g/mol. The Morgan fingerprint density at radius 3 is 2.15 bits per heavy atom. The molecule has 0 saturated carbocycles. The molecule has 0 unspecified atom stereocenters. The second-order valence-electron chi connectivity index (χ2n) is 2.42. The molecule has 0 saturated heterocycles. The molecule has 1 rings (SSSR count). The standard InChI is InChI=1S/C6H9N3O3S/c10-4-7-5(11)9(2-1-3-13)6(12)8-4/h13H,1-3H2,(H2,7,8,10,11,12). The Labute approximate surface area is 78.0 Å². The van der Waals surface area contributed by atoms with Crippen molar-refractivity contribution in [2.24, 2.45) is 0 Å². The van der Waals surface area contributed by atoms with Crippen LogP contribution >= 0.6 is 12.6 Å². The smallest absolute Gasteiger partial charge is 0.259 e. The zero-order valence-electron chi connectivity index (χ0n) is 6.74. The molecule has 0 spiro atoms. The SMILES string of the molecule is O=c1[nH]c(=O)n(CCCS)c(=O)[nH]1. The fourth-order valence-electron chi connectivity index (χ4n) is 0.885. The van der Waals surface area contributed by atoms with E-state index in [1.165, 1.54) is 0 Å². The molecule has 0 aliphatic rings. The van der Waals surface area contributed by atoms with Crippen molar-refractivity contribution in [2.75, 3.05) is 5.75 Å². The van der Waals surface area contributed by atoms with Gasteiger partial charge in [-0.05, 0) is 12.2 Å². The highest BCUT2D eigenvalue weighted by Gasteiger charge is 2.00. The maximum absolute atomic E-state index is 11.0. The van der Waals surface area contributed by atoms with Gasteiger partial charge in [0.1, 0.15) is 0 Å². The van der Waals surface area contributed by atoms with Crippen LogP contribution in [0.25, 0.3) is 0 Å². The zero-order chi connectivity index (χ0) is 9.84. The number of hydrogen-bond acceptors (Lipinski definition) is 4. The Balaban J connectivity index is 3.15. The summed E-state index contributed by atoms with van der Waals surface area (Å²) in [6.07, 6.45) is 0.595. The van der Waals surface area contributed by atoms with E-state index in [2.05, 4.69) is 12.6 Å². The van der Waals surface area contributed by atoms with E-state index in [-0.39, 0.29) is 6.54 Å². The molecule has 2 N–H and O–H groups in total. The maximum Gasteiger partial charge on any atom is 0.333 e.